The quantitative estimate of drug-likeness (QED) is 0.752. The molecular formula is C11H21NO3. The summed E-state index contributed by atoms with van der Waals surface area (Å²) >= 11 is 0. The van der Waals surface area contributed by atoms with Crippen molar-refractivity contribution in [3.63, 3.8) is 0 Å². The predicted octanol–water partition coefficient (Wildman–Crippen LogP) is 0.688. The SMILES string of the molecule is N[C@@H]1CCOC[C@@H]1OC[C@H]1CCCCO1. The third-order valence-electron chi connectivity index (χ3n) is 3.13. The van der Waals surface area contributed by atoms with Crippen LogP contribution in [0.25, 0.3) is 0 Å². The molecule has 2 aliphatic rings. The first kappa shape index (κ1) is 11.3. The minimum absolute atomic E-state index is 0.0595. The lowest BCUT2D eigenvalue weighted by molar-refractivity contribution is -0.104. The second-order valence-electron chi connectivity index (χ2n) is 4.39. The maximum Gasteiger partial charge on any atom is 0.0960 e. The molecule has 4 nitrogen and oxygen atoms in total. The molecule has 0 bridgehead atoms. The number of hydrogen-bond acceptors (Lipinski definition) is 4. The highest BCUT2D eigenvalue weighted by Gasteiger charge is 2.24. The van der Waals surface area contributed by atoms with E-state index in [-0.39, 0.29) is 18.2 Å². The summed E-state index contributed by atoms with van der Waals surface area (Å²) in [7, 11) is 0. The first-order chi connectivity index (χ1) is 7.36. The lowest BCUT2D eigenvalue weighted by Crippen LogP contribution is -2.45. The van der Waals surface area contributed by atoms with Crippen molar-refractivity contribution in [3.05, 3.63) is 0 Å². The van der Waals surface area contributed by atoms with Gasteiger partial charge in [-0.2, -0.15) is 0 Å². The Balaban J connectivity index is 1.67. The van der Waals surface area contributed by atoms with Gasteiger partial charge < -0.3 is 19.9 Å². The molecular weight excluding hydrogens is 194 g/mol. The zero-order valence-corrected chi connectivity index (χ0v) is 9.19. The van der Waals surface area contributed by atoms with E-state index in [1.54, 1.807) is 0 Å². The molecule has 0 aliphatic carbocycles. The van der Waals surface area contributed by atoms with Crippen molar-refractivity contribution in [1.29, 1.82) is 0 Å². The van der Waals surface area contributed by atoms with E-state index >= 15 is 0 Å². The van der Waals surface area contributed by atoms with Gasteiger partial charge in [-0.3, -0.25) is 0 Å². The smallest absolute Gasteiger partial charge is 0.0960 e. The highest BCUT2D eigenvalue weighted by molar-refractivity contribution is 4.77. The van der Waals surface area contributed by atoms with Crippen molar-refractivity contribution in [2.75, 3.05) is 26.4 Å². The fraction of sp³-hybridized carbons (Fsp3) is 1.00. The molecule has 88 valence electrons. The molecule has 2 N–H and O–H groups in total. The summed E-state index contributed by atoms with van der Waals surface area (Å²) < 4.78 is 16.7. The van der Waals surface area contributed by atoms with Gasteiger partial charge in [-0.05, 0) is 25.7 Å². The Hall–Kier alpha value is -0.160. The normalized spacial score (nSPS) is 37.8. The van der Waals surface area contributed by atoms with Crippen LogP contribution in [0.4, 0.5) is 0 Å². The fourth-order valence-electron chi connectivity index (χ4n) is 2.07. The molecule has 2 heterocycles. The van der Waals surface area contributed by atoms with Crippen molar-refractivity contribution < 1.29 is 14.2 Å². The van der Waals surface area contributed by atoms with Crippen molar-refractivity contribution in [2.45, 2.75) is 43.9 Å². The summed E-state index contributed by atoms with van der Waals surface area (Å²) in [5.41, 5.74) is 5.95. The van der Waals surface area contributed by atoms with Crippen LogP contribution in [0.15, 0.2) is 0 Å². The van der Waals surface area contributed by atoms with E-state index in [4.69, 9.17) is 19.9 Å². The monoisotopic (exact) mass is 215 g/mol. The molecule has 0 spiro atoms. The largest absolute Gasteiger partial charge is 0.379 e. The summed E-state index contributed by atoms with van der Waals surface area (Å²) in [6, 6.07) is 0.127. The Bertz CT molecular complexity index is 183. The van der Waals surface area contributed by atoms with Crippen LogP contribution in [-0.4, -0.2) is 44.7 Å². The molecule has 2 fully saturated rings. The van der Waals surface area contributed by atoms with E-state index in [1.807, 2.05) is 0 Å². The van der Waals surface area contributed by atoms with Crippen molar-refractivity contribution in [1.82, 2.24) is 0 Å². The third-order valence-corrected chi connectivity index (χ3v) is 3.13. The number of nitrogens with two attached hydrogens (primary N) is 1. The topological polar surface area (TPSA) is 53.7 Å². The van der Waals surface area contributed by atoms with Gasteiger partial charge in [0.25, 0.3) is 0 Å². The van der Waals surface area contributed by atoms with E-state index in [1.165, 1.54) is 12.8 Å². The van der Waals surface area contributed by atoms with Crippen molar-refractivity contribution >= 4 is 0 Å². The van der Waals surface area contributed by atoms with Crippen molar-refractivity contribution in [3.8, 4) is 0 Å². The molecule has 0 radical (unpaired) electrons. The molecule has 2 aliphatic heterocycles. The van der Waals surface area contributed by atoms with Gasteiger partial charge in [-0.1, -0.05) is 0 Å². The lowest BCUT2D eigenvalue weighted by atomic mass is 10.1. The van der Waals surface area contributed by atoms with Gasteiger partial charge in [0.05, 0.1) is 25.4 Å². The van der Waals surface area contributed by atoms with Gasteiger partial charge in [0.2, 0.25) is 0 Å². The summed E-state index contributed by atoms with van der Waals surface area (Å²) in [4.78, 5) is 0. The average molecular weight is 215 g/mol. The average Bonchev–Trinajstić information content (AvgIpc) is 2.29. The third kappa shape index (κ3) is 3.41. The molecule has 0 saturated carbocycles. The van der Waals surface area contributed by atoms with Crippen LogP contribution in [-0.2, 0) is 14.2 Å². The highest BCUT2D eigenvalue weighted by atomic mass is 16.6. The molecule has 4 heteroatoms. The highest BCUT2D eigenvalue weighted by Crippen LogP contribution is 2.15. The Morgan fingerprint density at radius 1 is 1.20 bits per heavy atom. The maximum atomic E-state index is 5.95. The molecule has 2 rings (SSSR count). The zero-order chi connectivity index (χ0) is 10.5. The number of ether oxygens (including phenoxy) is 3. The standard InChI is InChI=1S/C11H21NO3/c12-10-4-6-13-8-11(10)15-7-9-3-1-2-5-14-9/h9-11H,1-8,12H2/t9-,10-,11+/m1/s1. The molecule has 0 aromatic rings. The molecule has 0 aromatic heterocycles. The van der Waals surface area contributed by atoms with Crippen LogP contribution in [0.2, 0.25) is 0 Å². The van der Waals surface area contributed by atoms with Gasteiger partial charge in [0, 0.05) is 19.3 Å². The summed E-state index contributed by atoms with van der Waals surface area (Å²) in [6.07, 6.45) is 4.78. The first-order valence-electron chi connectivity index (χ1n) is 5.93. The van der Waals surface area contributed by atoms with Crippen LogP contribution < -0.4 is 5.73 Å². The Labute approximate surface area is 91.1 Å². The van der Waals surface area contributed by atoms with E-state index in [9.17, 15) is 0 Å². The predicted molar refractivity (Wildman–Crippen MR) is 56.7 cm³/mol. The minimum atomic E-state index is 0.0595. The van der Waals surface area contributed by atoms with E-state index in [0.29, 0.717) is 13.2 Å². The van der Waals surface area contributed by atoms with E-state index in [0.717, 1.165) is 26.1 Å². The van der Waals surface area contributed by atoms with Gasteiger partial charge in [0.15, 0.2) is 0 Å². The molecule has 0 aromatic carbocycles. The van der Waals surface area contributed by atoms with Gasteiger partial charge in [0.1, 0.15) is 0 Å². The second-order valence-corrected chi connectivity index (χ2v) is 4.39. The van der Waals surface area contributed by atoms with E-state index < -0.39 is 0 Å². The summed E-state index contributed by atoms with van der Waals surface area (Å²) in [5, 5.41) is 0. The second kappa shape index (κ2) is 5.80. The molecule has 3 atom stereocenters. The Kier molecular flexibility index (Phi) is 4.38. The van der Waals surface area contributed by atoms with Crippen LogP contribution in [0.5, 0.6) is 0 Å². The van der Waals surface area contributed by atoms with Crippen LogP contribution in [0.3, 0.4) is 0 Å². The fourth-order valence-corrected chi connectivity index (χ4v) is 2.07. The number of hydrogen-bond donors (Lipinski definition) is 1. The molecule has 15 heavy (non-hydrogen) atoms. The maximum absolute atomic E-state index is 5.95. The van der Waals surface area contributed by atoms with Crippen LogP contribution in [0, 0.1) is 0 Å². The minimum Gasteiger partial charge on any atom is -0.379 e. The van der Waals surface area contributed by atoms with Crippen LogP contribution >= 0.6 is 0 Å². The van der Waals surface area contributed by atoms with Crippen molar-refractivity contribution in [2.24, 2.45) is 5.73 Å². The Morgan fingerprint density at radius 3 is 2.87 bits per heavy atom. The van der Waals surface area contributed by atoms with Crippen LogP contribution in [0.1, 0.15) is 25.7 Å². The molecule has 0 unspecified atom stereocenters. The lowest BCUT2D eigenvalue weighted by Gasteiger charge is -2.31. The first-order valence-corrected chi connectivity index (χ1v) is 5.93. The van der Waals surface area contributed by atoms with E-state index in [2.05, 4.69) is 0 Å². The summed E-state index contributed by atoms with van der Waals surface area (Å²) in [6.45, 7) is 2.94. The summed E-state index contributed by atoms with van der Waals surface area (Å²) in [5.74, 6) is 0. The van der Waals surface area contributed by atoms with Gasteiger partial charge in [-0.15, -0.1) is 0 Å². The van der Waals surface area contributed by atoms with Gasteiger partial charge >= 0.3 is 0 Å². The molecule has 0 amide bonds. The Morgan fingerprint density at radius 2 is 2.13 bits per heavy atom. The molecule has 2 saturated heterocycles. The van der Waals surface area contributed by atoms with Gasteiger partial charge in [-0.25, -0.2) is 0 Å². The zero-order valence-electron chi connectivity index (χ0n) is 9.19. The number of rotatable bonds is 3.